The lowest BCUT2D eigenvalue weighted by Crippen LogP contribution is -2.50. The Balaban J connectivity index is 0.982. The van der Waals surface area contributed by atoms with Gasteiger partial charge in [0.15, 0.2) is 23.3 Å². The van der Waals surface area contributed by atoms with Crippen LogP contribution < -0.4 is 0 Å². The van der Waals surface area contributed by atoms with E-state index in [1.165, 1.54) is 27.8 Å². The van der Waals surface area contributed by atoms with Crippen molar-refractivity contribution in [1.82, 2.24) is 39.9 Å². The van der Waals surface area contributed by atoms with Crippen molar-refractivity contribution >= 4 is 44.1 Å². The van der Waals surface area contributed by atoms with Crippen molar-refractivity contribution in [2.24, 2.45) is 17.3 Å². The smallest absolute Gasteiger partial charge is 0.164 e. The molecule has 13 rings (SSSR count). The number of aromatic hydroxyl groups is 1. The van der Waals surface area contributed by atoms with E-state index < -0.39 is 5.60 Å². The molecule has 5 atom stereocenters. The fourth-order valence-electron chi connectivity index (χ4n) is 13.6. The van der Waals surface area contributed by atoms with Crippen molar-refractivity contribution in [1.29, 1.82) is 0 Å². The Hall–Kier alpha value is -7.22. The molecule has 0 unspecified atom stereocenters. The summed E-state index contributed by atoms with van der Waals surface area (Å²) in [6.07, 6.45) is 15.1. The molecule has 5 heterocycles. The molecule has 8 aromatic rings. The van der Waals surface area contributed by atoms with E-state index in [2.05, 4.69) is 122 Å². The van der Waals surface area contributed by atoms with E-state index >= 15 is 0 Å². The van der Waals surface area contributed by atoms with E-state index in [-0.39, 0.29) is 5.41 Å². The van der Waals surface area contributed by atoms with Crippen LogP contribution in [0.4, 0.5) is 0 Å². The van der Waals surface area contributed by atoms with Gasteiger partial charge in [0.2, 0.25) is 0 Å². The number of nitrogens with one attached hydrogen (secondary N) is 2. The van der Waals surface area contributed by atoms with Crippen LogP contribution in [0.1, 0.15) is 138 Å². The summed E-state index contributed by atoms with van der Waals surface area (Å²) in [6, 6.07) is 32.0. The zero-order valence-corrected chi connectivity index (χ0v) is 43.1. The third-order valence-electron chi connectivity index (χ3n) is 17.8. The summed E-state index contributed by atoms with van der Waals surface area (Å²) in [6.45, 7) is 8.97. The van der Waals surface area contributed by atoms with Gasteiger partial charge in [-0.1, -0.05) is 101 Å². The normalized spacial score (nSPS) is 21.4. The van der Waals surface area contributed by atoms with E-state index in [0.29, 0.717) is 75.8 Å². The molecule has 10 nitrogen and oxygen atoms in total. The Labute approximate surface area is 432 Å². The number of hydrogen-bond acceptors (Lipinski definition) is 8. The van der Waals surface area contributed by atoms with Crippen LogP contribution in [0, 0.1) is 29.1 Å². The molecular formula is C64H64N8O2. The van der Waals surface area contributed by atoms with Crippen LogP contribution in [0.15, 0.2) is 91.0 Å². The van der Waals surface area contributed by atoms with Crippen LogP contribution >= 0.6 is 0 Å². The first-order valence-corrected chi connectivity index (χ1v) is 27.5. The maximum absolute atomic E-state index is 12.7. The number of hydrogen-bond donors (Lipinski definition) is 4. The summed E-state index contributed by atoms with van der Waals surface area (Å²) in [4.78, 5) is 39.4. The fraction of sp³-hybridized carbons (Fsp3) is 0.375. The molecule has 372 valence electrons. The van der Waals surface area contributed by atoms with Gasteiger partial charge in [-0.15, -0.1) is 0 Å². The van der Waals surface area contributed by atoms with E-state index in [4.69, 9.17) is 29.9 Å². The molecule has 74 heavy (non-hydrogen) atoms. The summed E-state index contributed by atoms with van der Waals surface area (Å²) >= 11 is 0. The highest BCUT2D eigenvalue weighted by molar-refractivity contribution is 6.06. The van der Waals surface area contributed by atoms with Crippen LogP contribution in [0.25, 0.3) is 89.7 Å². The number of aromatic amines is 2. The molecule has 0 radical (unpaired) electrons. The molecule has 3 aliphatic carbocycles. The maximum atomic E-state index is 12.7. The number of aromatic nitrogens is 8. The Bertz CT molecular complexity index is 3810. The minimum Gasteiger partial charge on any atom is -0.508 e. The quantitative estimate of drug-likeness (QED) is 0.104. The van der Waals surface area contributed by atoms with Crippen LogP contribution in [-0.2, 0) is 25.7 Å². The molecule has 0 spiro atoms. The molecule has 2 fully saturated rings. The van der Waals surface area contributed by atoms with Crippen molar-refractivity contribution in [2.45, 2.75) is 136 Å². The van der Waals surface area contributed by atoms with Crippen molar-refractivity contribution in [3.05, 3.63) is 124 Å². The Morgan fingerprint density at radius 2 is 1.09 bits per heavy atom. The molecule has 8 bridgehead atoms. The van der Waals surface area contributed by atoms with Crippen LogP contribution in [0.2, 0.25) is 0 Å². The average Bonchev–Trinajstić information content (AvgIpc) is 4.20. The monoisotopic (exact) mass is 977 g/mol. The summed E-state index contributed by atoms with van der Waals surface area (Å²) in [5.41, 5.74) is 12.1. The maximum Gasteiger partial charge on any atom is 0.164 e. The number of H-pyrrole nitrogens is 2. The second-order valence-corrected chi connectivity index (χ2v) is 22.2. The topological polar surface area (TPSA) is 149 Å². The minimum absolute atomic E-state index is 0.326. The zero-order chi connectivity index (χ0) is 50.3. The van der Waals surface area contributed by atoms with Gasteiger partial charge in [-0.25, -0.2) is 29.9 Å². The Morgan fingerprint density at radius 3 is 1.70 bits per heavy atom. The highest BCUT2D eigenvalue weighted by atomic mass is 16.3. The first-order chi connectivity index (χ1) is 36.1. The third-order valence-corrected chi connectivity index (χ3v) is 17.8. The average molecular weight is 977 g/mol. The molecule has 3 aromatic heterocycles. The summed E-state index contributed by atoms with van der Waals surface area (Å²) < 4.78 is 0. The SMILES string of the molecule is CCCCc1ccc2c(c1)-c1nc-2nc2[nH]c(nc3nc(nc4[nH]c(n1)c1ccc(CCCC)cc41)-c1ccc(C#C[C@@]4(O)CC[C@H]5[C@@H]6CCc7cc(O)ccc7[C@H]6CC[C@@]54C)cc1-3)c1ccc(CCCC)cc21. The summed E-state index contributed by atoms with van der Waals surface area (Å²) in [5.74, 6) is 11.0. The number of nitrogens with zero attached hydrogens (tertiary/aromatic N) is 6. The number of phenolic OH excluding ortho intramolecular Hbond substituents is 1. The highest BCUT2D eigenvalue weighted by Crippen LogP contribution is 2.64. The van der Waals surface area contributed by atoms with E-state index in [1.807, 2.05) is 18.2 Å². The minimum atomic E-state index is -1.12. The lowest BCUT2D eigenvalue weighted by Gasteiger charge is -2.52. The first kappa shape index (κ1) is 46.6. The van der Waals surface area contributed by atoms with E-state index in [1.54, 1.807) is 0 Å². The second kappa shape index (κ2) is 18.3. The highest BCUT2D eigenvalue weighted by Gasteiger charge is 2.61. The predicted molar refractivity (Wildman–Crippen MR) is 296 cm³/mol. The zero-order valence-electron chi connectivity index (χ0n) is 43.1. The molecule has 0 amide bonds. The van der Waals surface area contributed by atoms with Crippen LogP contribution in [0.5, 0.6) is 5.75 Å². The van der Waals surface area contributed by atoms with Gasteiger partial charge >= 0.3 is 0 Å². The number of fused-ring (bicyclic) bond motifs is 25. The van der Waals surface area contributed by atoms with Gasteiger partial charge in [0.25, 0.3) is 0 Å². The van der Waals surface area contributed by atoms with Gasteiger partial charge in [0.1, 0.15) is 33.9 Å². The Morgan fingerprint density at radius 1 is 0.554 bits per heavy atom. The van der Waals surface area contributed by atoms with Gasteiger partial charge in [-0.2, -0.15) is 0 Å². The van der Waals surface area contributed by atoms with Gasteiger partial charge in [0, 0.05) is 54.8 Å². The predicted octanol–water partition coefficient (Wildman–Crippen LogP) is 14.2. The van der Waals surface area contributed by atoms with E-state index in [0.717, 1.165) is 139 Å². The lowest BCUT2D eigenvalue weighted by molar-refractivity contribution is -0.0647. The van der Waals surface area contributed by atoms with Crippen molar-refractivity contribution in [3.8, 4) is 63.1 Å². The molecular weight excluding hydrogens is 913 g/mol. The molecule has 0 saturated heterocycles. The summed E-state index contributed by atoms with van der Waals surface area (Å²) in [5, 5.41) is 26.8. The lowest BCUT2D eigenvalue weighted by atomic mass is 9.53. The molecule has 2 aliphatic heterocycles. The van der Waals surface area contributed by atoms with Gasteiger partial charge in [-0.3, -0.25) is 0 Å². The standard InChI is InChI=1S/C64H64N8O2/c1-5-8-11-37-14-20-46-50(32-37)59-65-55(46)67-60-52-34-39(13-10-7-3)16-22-48(52)57(69-60)71-62-53-35-40(17-23-49(53)58(72-62)70-61-51-33-38(12-9-6-2)15-21-47(51)56(66-59)68-61)26-30-64(74)31-28-54-45-24-18-41-36-42(73)19-25-43(41)44(45)27-29-63(54,64)4/h14-17,19-23,25,32-36,44-45,54,73-74H,5-13,18,24,27-29,31H2,1-4H3,(H2,65,66,67,68,69,70,71,72)/t44-,45-,54+,63+,64-/m1/s1. The summed E-state index contributed by atoms with van der Waals surface area (Å²) in [7, 11) is 0. The van der Waals surface area contributed by atoms with Gasteiger partial charge < -0.3 is 20.2 Å². The van der Waals surface area contributed by atoms with Crippen molar-refractivity contribution < 1.29 is 10.2 Å². The number of phenols is 1. The van der Waals surface area contributed by atoms with E-state index in [9.17, 15) is 10.2 Å². The second-order valence-electron chi connectivity index (χ2n) is 22.2. The molecule has 4 N–H and O–H groups in total. The molecule has 5 aliphatic rings. The van der Waals surface area contributed by atoms with Crippen molar-refractivity contribution in [3.63, 3.8) is 0 Å². The fourth-order valence-corrected chi connectivity index (χ4v) is 13.6. The van der Waals surface area contributed by atoms with Gasteiger partial charge in [0.05, 0.1) is 0 Å². The number of aryl methyl sites for hydroxylation is 4. The van der Waals surface area contributed by atoms with Gasteiger partial charge in [-0.05, 0) is 171 Å². The van der Waals surface area contributed by atoms with Crippen molar-refractivity contribution in [2.75, 3.05) is 0 Å². The molecule has 10 heteroatoms. The number of rotatable bonds is 9. The molecule has 2 saturated carbocycles. The Kier molecular flexibility index (Phi) is 11.5. The molecule has 5 aromatic carbocycles. The van der Waals surface area contributed by atoms with Crippen LogP contribution in [0.3, 0.4) is 0 Å². The number of aliphatic hydroxyl groups is 1. The number of benzene rings is 5. The van der Waals surface area contributed by atoms with Crippen LogP contribution in [-0.4, -0.2) is 55.7 Å². The first-order valence-electron chi connectivity index (χ1n) is 27.5. The number of unbranched alkanes of at least 4 members (excludes halogenated alkanes) is 3. The largest absolute Gasteiger partial charge is 0.508 e. The third kappa shape index (κ3) is 7.80.